The van der Waals surface area contributed by atoms with Crippen LogP contribution in [0.25, 0.3) is 22.4 Å². The third-order valence-corrected chi connectivity index (χ3v) is 4.86. The van der Waals surface area contributed by atoms with Crippen molar-refractivity contribution in [1.82, 2.24) is 9.55 Å². The molecule has 8 heteroatoms. The van der Waals surface area contributed by atoms with Gasteiger partial charge in [0.2, 0.25) is 5.89 Å². The number of rotatable bonds is 5. The molecule has 0 atom stereocenters. The summed E-state index contributed by atoms with van der Waals surface area (Å²) in [6.45, 7) is 2.13. The highest BCUT2D eigenvalue weighted by Gasteiger charge is 2.30. The number of hydrogen-bond acceptors (Lipinski definition) is 3. The first-order valence-corrected chi connectivity index (χ1v) is 9.14. The summed E-state index contributed by atoms with van der Waals surface area (Å²) in [6, 6.07) is 12.1. The van der Waals surface area contributed by atoms with Gasteiger partial charge in [0.1, 0.15) is 5.76 Å². The largest absolute Gasteiger partial charge is 0.481 e. The van der Waals surface area contributed by atoms with Gasteiger partial charge in [0.25, 0.3) is 0 Å². The smallest absolute Gasteiger partial charge is 0.416 e. The van der Waals surface area contributed by atoms with E-state index in [1.165, 1.54) is 12.1 Å². The summed E-state index contributed by atoms with van der Waals surface area (Å²) >= 11 is 0. The van der Waals surface area contributed by atoms with E-state index in [1.807, 2.05) is 29.0 Å². The lowest BCUT2D eigenvalue weighted by Gasteiger charge is -2.06. The van der Waals surface area contributed by atoms with E-state index in [9.17, 15) is 18.0 Å². The maximum Gasteiger partial charge on any atom is 0.416 e. The summed E-state index contributed by atoms with van der Waals surface area (Å²) in [5.41, 5.74) is 1.91. The summed E-state index contributed by atoms with van der Waals surface area (Å²) in [5.74, 6) is -0.0787. The molecule has 0 radical (unpaired) electrons. The van der Waals surface area contributed by atoms with Gasteiger partial charge in [0, 0.05) is 17.3 Å². The molecular formula is C22H17F3N2O3. The van der Waals surface area contributed by atoms with Crippen molar-refractivity contribution >= 4 is 16.9 Å². The fourth-order valence-corrected chi connectivity index (χ4v) is 3.31. The van der Waals surface area contributed by atoms with E-state index in [1.54, 1.807) is 13.0 Å². The van der Waals surface area contributed by atoms with Gasteiger partial charge in [-0.3, -0.25) is 4.79 Å². The number of carboxylic acids is 1. The first-order chi connectivity index (χ1) is 14.2. The average molecular weight is 414 g/mol. The molecule has 4 rings (SSSR count). The lowest BCUT2D eigenvalue weighted by atomic mass is 10.1. The van der Waals surface area contributed by atoms with Crippen LogP contribution in [0.3, 0.4) is 0 Å². The maximum atomic E-state index is 12.8. The van der Waals surface area contributed by atoms with Crippen molar-refractivity contribution in [2.24, 2.45) is 0 Å². The zero-order chi connectivity index (χ0) is 21.5. The van der Waals surface area contributed by atoms with Crippen molar-refractivity contribution < 1.29 is 27.5 Å². The highest BCUT2D eigenvalue weighted by molar-refractivity contribution is 5.82. The number of alkyl halides is 3. The number of hydrogen-bond donors (Lipinski definition) is 1. The molecule has 0 aliphatic carbocycles. The molecule has 0 bridgehead atoms. The lowest BCUT2D eigenvalue weighted by Crippen LogP contribution is -2.03. The second-order valence-electron chi connectivity index (χ2n) is 7.01. The zero-order valence-corrected chi connectivity index (χ0v) is 15.9. The molecule has 30 heavy (non-hydrogen) atoms. The number of nitrogens with zero attached hydrogens (tertiary/aromatic N) is 2. The predicted molar refractivity (Wildman–Crippen MR) is 104 cm³/mol. The van der Waals surface area contributed by atoms with Gasteiger partial charge in [-0.2, -0.15) is 13.2 Å². The Balaban J connectivity index is 1.62. The zero-order valence-electron chi connectivity index (χ0n) is 15.9. The minimum Gasteiger partial charge on any atom is -0.481 e. The minimum absolute atomic E-state index is 0.0689. The number of aromatic nitrogens is 2. The van der Waals surface area contributed by atoms with Gasteiger partial charge in [-0.15, -0.1) is 0 Å². The molecule has 0 spiro atoms. The maximum absolute atomic E-state index is 12.8. The predicted octanol–water partition coefficient (Wildman–Crippen LogP) is 5.30. The molecule has 2 heterocycles. The van der Waals surface area contributed by atoms with Crippen LogP contribution in [0, 0.1) is 6.92 Å². The number of benzene rings is 2. The molecule has 0 saturated carbocycles. The number of aliphatic carboxylic acids is 1. The quantitative estimate of drug-likeness (QED) is 0.481. The molecular weight excluding hydrogens is 397 g/mol. The fraction of sp³-hybridized carbons (Fsp3) is 0.182. The van der Waals surface area contributed by atoms with Crippen LogP contribution in [-0.4, -0.2) is 20.6 Å². The normalized spacial score (nSPS) is 11.9. The summed E-state index contributed by atoms with van der Waals surface area (Å²) in [4.78, 5) is 15.3. The van der Waals surface area contributed by atoms with E-state index in [0.29, 0.717) is 29.1 Å². The lowest BCUT2D eigenvalue weighted by molar-refractivity contribution is -0.138. The van der Waals surface area contributed by atoms with E-state index in [4.69, 9.17) is 9.52 Å². The number of halogens is 3. The molecule has 2 aromatic carbocycles. The second-order valence-corrected chi connectivity index (χ2v) is 7.01. The Hall–Kier alpha value is -3.55. The Morgan fingerprint density at radius 3 is 2.53 bits per heavy atom. The number of aryl methyl sites for hydroxylation is 1. The standard InChI is InChI=1S/C22H17F3N2O3/c1-13-19(30-21(26-13)16-4-6-17(7-5-16)22(23,24)25)12-27-9-8-15-3-2-14(10-18(15)27)11-20(28)29/h2-10H,11-12H2,1H3,(H,28,29). The summed E-state index contributed by atoms with van der Waals surface area (Å²) in [7, 11) is 0. The van der Waals surface area contributed by atoms with Crippen LogP contribution in [0.2, 0.25) is 0 Å². The molecule has 0 amide bonds. The summed E-state index contributed by atoms with van der Waals surface area (Å²) in [5, 5.41) is 9.97. The van der Waals surface area contributed by atoms with E-state index in [0.717, 1.165) is 23.0 Å². The van der Waals surface area contributed by atoms with Crippen LogP contribution in [0.15, 0.2) is 59.1 Å². The monoisotopic (exact) mass is 414 g/mol. The summed E-state index contributed by atoms with van der Waals surface area (Å²) < 4.78 is 46.0. The van der Waals surface area contributed by atoms with Gasteiger partial charge in [-0.05, 0) is 54.3 Å². The Morgan fingerprint density at radius 1 is 1.13 bits per heavy atom. The van der Waals surface area contributed by atoms with Gasteiger partial charge in [0.05, 0.1) is 24.2 Å². The Morgan fingerprint density at radius 2 is 1.87 bits per heavy atom. The minimum atomic E-state index is -4.40. The molecule has 5 nitrogen and oxygen atoms in total. The van der Waals surface area contributed by atoms with Gasteiger partial charge in [-0.1, -0.05) is 12.1 Å². The van der Waals surface area contributed by atoms with Crippen molar-refractivity contribution in [3.8, 4) is 11.5 Å². The van der Waals surface area contributed by atoms with Crippen LogP contribution in [0.1, 0.15) is 22.6 Å². The topological polar surface area (TPSA) is 68.3 Å². The van der Waals surface area contributed by atoms with Gasteiger partial charge in [-0.25, -0.2) is 4.98 Å². The van der Waals surface area contributed by atoms with Crippen molar-refractivity contribution in [2.45, 2.75) is 26.1 Å². The number of carboxylic acid groups (broad SMARTS) is 1. The Bertz CT molecular complexity index is 1220. The van der Waals surface area contributed by atoms with E-state index in [-0.39, 0.29) is 12.3 Å². The van der Waals surface area contributed by atoms with E-state index < -0.39 is 17.7 Å². The highest BCUT2D eigenvalue weighted by Crippen LogP contribution is 2.31. The summed E-state index contributed by atoms with van der Waals surface area (Å²) in [6.07, 6.45) is -2.60. The van der Waals surface area contributed by atoms with Crippen molar-refractivity contribution in [2.75, 3.05) is 0 Å². The molecule has 0 fully saturated rings. The highest BCUT2D eigenvalue weighted by atomic mass is 19.4. The third-order valence-electron chi connectivity index (χ3n) is 4.86. The molecule has 0 saturated heterocycles. The number of fused-ring (bicyclic) bond motifs is 1. The first-order valence-electron chi connectivity index (χ1n) is 9.14. The fourth-order valence-electron chi connectivity index (χ4n) is 3.31. The van der Waals surface area contributed by atoms with Gasteiger partial charge < -0.3 is 14.1 Å². The molecule has 0 aliphatic rings. The molecule has 0 aliphatic heterocycles. The Labute approximate surface area is 169 Å². The molecule has 2 aromatic heterocycles. The van der Waals surface area contributed by atoms with Crippen LogP contribution in [0.4, 0.5) is 13.2 Å². The molecule has 1 N–H and O–H groups in total. The van der Waals surface area contributed by atoms with Gasteiger partial charge in [0.15, 0.2) is 0 Å². The Kier molecular flexibility index (Phi) is 4.85. The third kappa shape index (κ3) is 3.94. The van der Waals surface area contributed by atoms with Crippen molar-refractivity contribution in [3.05, 3.63) is 77.3 Å². The van der Waals surface area contributed by atoms with Crippen LogP contribution in [0.5, 0.6) is 0 Å². The number of carbonyl (C=O) groups is 1. The van der Waals surface area contributed by atoms with Crippen molar-refractivity contribution in [3.63, 3.8) is 0 Å². The molecule has 0 unspecified atom stereocenters. The first kappa shape index (κ1) is 19.8. The second kappa shape index (κ2) is 7.37. The molecule has 4 aromatic rings. The SMILES string of the molecule is Cc1nc(-c2ccc(C(F)(F)F)cc2)oc1Cn1ccc2ccc(CC(=O)O)cc21. The average Bonchev–Trinajstić information content (AvgIpc) is 3.25. The number of oxazole rings is 1. The molecule has 154 valence electrons. The van der Waals surface area contributed by atoms with Crippen LogP contribution in [-0.2, 0) is 23.9 Å². The van der Waals surface area contributed by atoms with E-state index in [2.05, 4.69) is 4.98 Å². The van der Waals surface area contributed by atoms with Crippen LogP contribution >= 0.6 is 0 Å². The van der Waals surface area contributed by atoms with Crippen molar-refractivity contribution in [1.29, 1.82) is 0 Å². The van der Waals surface area contributed by atoms with Gasteiger partial charge >= 0.3 is 12.1 Å². The van der Waals surface area contributed by atoms with E-state index >= 15 is 0 Å². The van der Waals surface area contributed by atoms with Crippen LogP contribution < -0.4 is 0 Å².